The normalized spacial score (nSPS) is 11.9. The molecule has 0 atom stereocenters. The van der Waals surface area contributed by atoms with E-state index in [0.717, 1.165) is 0 Å². The van der Waals surface area contributed by atoms with Gasteiger partial charge in [-0.3, -0.25) is 0 Å². The van der Waals surface area contributed by atoms with Crippen LogP contribution in [-0.2, 0) is 0 Å². The van der Waals surface area contributed by atoms with Crippen molar-refractivity contribution >= 4 is 27.5 Å². The molecule has 0 aliphatic rings. The molecule has 4 nitrogen and oxygen atoms in total. The zero-order chi connectivity index (χ0) is 13.2. The highest BCUT2D eigenvalue weighted by Gasteiger charge is 2.26. The van der Waals surface area contributed by atoms with Gasteiger partial charge in [0.2, 0.25) is 11.8 Å². The van der Waals surface area contributed by atoms with Gasteiger partial charge in [0.25, 0.3) is 0 Å². The van der Waals surface area contributed by atoms with E-state index in [1.807, 2.05) is 0 Å². The summed E-state index contributed by atoms with van der Waals surface area (Å²) in [5, 5.41) is 2.46. The van der Waals surface area contributed by atoms with Crippen molar-refractivity contribution in [1.29, 1.82) is 0 Å². The second-order valence-electron chi connectivity index (χ2n) is 3.59. The first kappa shape index (κ1) is 12.9. The maximum atomic E-state index is 11.9. The number of rotatable bonds is 4. The van der Waals surface area contributed by atoms with E-state index in [9.17, 15) is 13.2 Å². The lowest BCUT2D eigenvalue weighted by atomic mass is 10.3. The van der Waals surface area contributed by atoms with Crippen LogP contribution in [0.3, 0.4) is 0 Å². The number of nitrogens with zero attached hydrogens (tertiary/aromatic N) is 2. The molecule has 0 bridgehead atoms. The van der Waals surface area contributed by atoms with E-state index >= 15 is 0 Å². The fourth-order valence-corrected chi connectivity index (χ4v) is 2.16. The largest absolute Gasteiger partial charge is 0.477 e. The summed E-state index contributed by atoms with van der Waals surface area (Å²) in [6.07, 6.45) is -5.15. The summed E-state index contributed by atoms with van der Waals surface area (Å²) in [6.45, 7) is -0.0547. The maximum absolute atomic E-state index is 11.9. The molecule has 2 rings (SSSR count). The van der Waals surface area contributed by atoms with Crippen molar-refractivity contribution in [3.8, 4) is 5.88 Å². The molecule has 2 aromatic heterocycles. The molecule has 0 aromatic carbocycles. The van der Waals surface area contributed by atoms with Gasteiger partial charge in [-0.2, -0.15) is 18.2 Å². The van der Waals surface area contributed by atoms with Crippen molar-refractivity contribution in [2.24, 2.45) is 0 Å². The molecule has 0 radical (unpaired) electrons. The molecular weight excluding hydrogens is 267 g/mol. The minimum atomic E-state index is -4.16. The van der Waals surface area contributed by atoms with E-state index < -0.39 is 12.6 Å². The Morgan fingerprint density at radius 1 is 1.33 bits per heavy atom. The fourth-order valence-electron chi connectivity index (χ4n) is 1.40. The second-order valence-corrected chi connectivity index (χ2v) is 4.49. The molecule has 8 heteroatoms. The van der Waals surface area contributed by atoms with Crippen LogP contribution in [-0.4, -0.2) is 22.8 Å². The molecule has 18 heavy (non-hydrogen) atoms. The molecule has 0 spiro atoms. The molecule has 2 heterocycles. The number of nitrogen functional groups attached to an aromatic ring is 1. The predicted octanol–water partition coefficient (Wildman–Crippen LogP) is 2.99. The van der Waals surface area contributed by atoms with Gasteiger partial charge in [0, 0.05) is 6.42 Å². The van der Waals surface area contributed by atoms with Gasteiger partial charge in [0.05, 0.1) is 12.0 Å². The minimum absolute atomic E-state index is 0.0516. The number of fused-ring (bicyclic) bond motifs is 1. The van der Waals surface area contributed by atoms with Gasteiger partial charge < -0.3 is 10.5 Å². The van der Waals surface area contributed by atoms with Gasteiger partial charge >= 0.3 is 6.18 Å². The molecule has 98 valence electrons. The van der Waals surface area contributed by atoms with Crippen molar-refractivity contribution in [3.63, 3.8) is 0 Å². The third-order valence-electron chi connectivity index (χ3n) is 2.15. The molecule has 0 saturated carbocycles. The number of hydrogen-bond acceptors (Lipinski definition) is 5. The average molecular weight is 277 g/mol. The van der Waals surface area contributed by atoms with Gasteiger partial charge in [-0.05, 0) is 17.9 Å². The number of nitrogens with two attached hydrogens (primary N) is 1. The Morgan fingerprint density at radius 3 is 2.83 bits per heavy atom. The summed E-state index contributed by atoms with van der Waals surface area (Å²) in [4.78, 5) is 8.53. The van der Waals surface area contributed by atoms with E-state index in [-0.39, 0.29) is 24.9 Å². The third-order valence-corrected chi connectivity index (χ3v) is 2.96. The average Bonchev–Trinajstić information content (AvgIpc) is 2.70. The first-order valence-electron chi connectivity index (χ1n) is 5.16. The van der Waals surface area contributed by atoms with Crippen LogP contribution in [0.25, 0.3) is 10.2 Å². The molecule has 2 aromatic rings. The van der Waals surface area contributed by atoms with E-state index in [0.29, 0.717) is 10.2 Å². The predicted molar refractivity (Wildman–Crippen MR) is 62.6 cm³/mol. The molecule has 0 saturated heterocycles. The second kappa shape index (κ2) is 4.97. The van der Waals surface area contributed by atoms with Crippen LogP contribution in [0.4, 0.5) is 19.1 Å². The molecule has 0 unspecified atom stereocenters. The van der Waals surface area contributed by atoms with Crippen LogP contribution in [0.5, 0.6) is 5.88 Å². The van der Waals surface area contributed by atoms with E-state index in [1.165, 1.54) is 11.3 Å². The summed E-state index contributed by atoms with van der Waals surface area (Å²) in [6, 6.07) is 1.75. The van der Waals surface area contributed by atoms with Crippen molar-refractivity contribution in [1.82, 2.24) is 9.97 Å². The summed E-state index contributed by atoms with van der Waals surface area (Å²) >= 11 is 1.37. The maximum Gasteiger partial charge on any atom is 0.389 e. The Labute approximate surface area is 105 Å². The number of alkyl halides is 3. The molecular formula is C10H10F3N3OS. The van der Waals surface area contributed by atoms with Crippen LogP contribution in [0.1, 0.15) is 12.8 Å². The van der Waals surface area contributed by atoms with Crippen LogP contribution in [0, 0.1) is 0 Å². The first-order chi connectivity index (χ1) is 8.46. The lowest BCUT2D eigenvalue weighted by Crippen LogP contribution is -2.10. The van der Waals surface area contributed by atoms with Crippen LogP contribution >= 0.6 is 11.3 Å². The standard InChI is InChI=1S/C10H10F3N3OS/c11-10(12,13)3-1-4-17-7-6-2-5-18-8(6)16-9(14)15-7/h2,5H,1,3-4H2,(H2,14,15,16). The number of halogens is 3. The molecule has 0 amide bonds. The van der Waals surface area contributed by atoms with Crippen LogP contribution in [0.15, 0.2) is 11.4 Å². The number of anilines is 1. The topological polar surface area (TPSA) is 61.0 Å². The van der Waals surface area contributed by atoms with Gasteiger partial charge in [-0.15, -0.1) is 11.3 Å². The number of ether oxygens (including phenoxy) is 1. The van der Waals surface area contributed by atoms with Crippen molar-refractivity contribution in [2.75, 3.05) is 12.3 Å². The van der Waals surface area contributed by atoms with Gasteiger partial charge in [0.15, 0.2) is 0 Å². The van der Waals surface area contributed by atoms with E-state index in [2.05, 4.69) is 9.97 Å². The van der Waals surface area contributed by atoms with Crippen molar-refractivity contribution in [2.45, 2.75) is 19.0 Å². The summed E-state index contributed by atoms with van der Waals surface area (Å²) in [7, 11) is 0. The third kappa shape index (κ3) is 3.22. The summed E-state index contributed by atoms with van der Waals surface area (Å²) < 4.78 is 41.1. The van der Waals surface area contributed by atoms with Crippen molar-refractivity contribution < 1.29 is 17.9 Å². The lowest BCUT2D eigenvalue weighted by molar-refractivity contribution is -0.136. The SMILES string of the molecule is Nc1nc(OCCCC(F)(F)F)c2ccsc2n1. The van der Waals surface area contributed by atoms with Crippen LogP contribution in [0.2, 0.25) is 0 Å². The zero-order valence-corrected chi connectivity index (χ0v) is 10.0. The van der Waals surface area contributed by atoms with E-state index in [4.69, 9.17) is 10.5 Å². The van der Waals surface area contributed by atoms with Crippen molar-refractivity contribution in [3.05, 3.63) is 11.4 Å². The molecule has 0 fully saturated rings. The highest BCUT2D eigenvalue weighted by molar-refractivity contribution is 7.16. The Morgan fingerprint density at radius 2 is 2.11 bits per heavy atom. The van der Waals surface area contributed by atoms with Gasteiger partial charge in [0.1, 0.15) is 4.83 Å². The molecule has 0 aliphatic carbocycles. The Balaban J connectivity index is 2.01. The quantitative estimate of drug-likeness (QED) is 0.873. The summed E-state index contributed by atoms with van der Waals surface area (Å²) in [5.74, 6) is 0.289. The Bertz CT molecular complexity index is 541. The van der Waals surface area contributed by atoms with Gasteiger partial charge in [-0.1, -0.05) is 0 Å². The number of thiophene rings is 1. The minimum Gasteiger partial charge on any atom is -0.477 e. The Kier molecular flexibility index (Phi) is 3.55. The van der Waals surface area contributed by atoms with Gasteiger partial charge in [-0.25, -0.2) is 4.98 Å². The lowest BCUT2D eigenvalue weighted by Gasteiger charge is -2.08. The Hall–Kier alpha value is -1.57. The summed E-state index contributed by atoms with van der Waals surface area (Å²) in [5.41, 5.74) is 5.48. The number of aromatic nitrogens is 2. The highest BCUT2D eigenvalue weighted by atomic mass is 32.1. The molecule has 0 aliphatic heterocycles. The zero-order valence-electron chi connectivity index (χ0n) is 9.20. The highest BCUT2D eigenvalue weighted by Crippen LogP contribution is 2.28. The fraction of sp³-hybridized carbons (Fsp3) is 0.400. The van der Waals surface area contributed by atoms with Crippen LogP contribution < -0.4 is 10.5 Å². The molecule has 2 N–H and O–H groups in total. The first-order valence-corrected chi connectivity index (χ1v) is 6.04. The van der Waals surface area contributed by atoms with E-state index in [1.54, 1.807) is 11.4 Å². The monoisotopic (exact) mass is 277 g/mol. The smallest absolute Gasteiger partial charge is 0.389 e. The number of hydrogen-bond donors (Lipinski definition) is 1.